The summed E-state index contributed by atoms with van der Waals surface area (Å²) in [6.07, 6.45) is 2.74. The molecule has 0 saturated carbocycles. The molecule has 0 fully saturated rings. The van der Waals surface area contributed by atoms with Gasteiger partial charge in [0.2, 0.25) is 0 Å². The van der Waals surface area contributed by atoms with Gasteiger partial charge in [-0.2, -0.15) is 0 Å². The molecule has 0 unspecified atom stereocenters. The summed E-state index contributed by atoms with van der Waals surface area (Å²) in [6, 6.07) is 5.02. The summed E-state index contributed by atoms with van der Waals surface area (Å²) in [7, 11) is 0. The lowest BCUT2D eigenvalue weighted by atomic mass is 10.1. The first-order valence-corrected chi connectivity index (χ1v) is 6.27. The van der Waals surface area contributed by atoms with Crippen molar-refractivity contribution in [2.24, 2.45) is 5.73 Å². The van der Waals surface area contributed by atoms with Crippen molar-refractivity contribution in [1.82, 2.24) is 0 Å². The smallest absolute Gasteiger partial charge is 0.311 e. The van der Waals surface area contributed by atoms with Crippen LogP contribution in [0.25, 0.3) is 0 Å². The van der Waals surface area contributed by atoms with E-state index in [4.69, 9.17) is 15.9 Å². The molecule has 6 heteroatoms. The lowest BCUT2D eigenvalue weighted by Crippen LogP contribution is -2.09. The highest BCUT2D eigenvalue weighted by Gasteiger charge is 2.15. The number of benzene rings is 1. The number of hydrogen-bond acceptors (Lipinski definition) is 4. The maximum atomic E-state index is 10.9. The summed E-state index contributed by atoms with van der Waals surface area (Å²) >= 11 is 0. The number of nitrogens with zero attached hydrogens (tertiary/aromatic N) is 1. The van der Waals surface area contributed by atoms with Crippen LogP contribution in [-0.2, 0) is 6.42 Å². The molecular formula is C13H19N3O3. The van der Waals surface area contributed by atoms with Gasteiger partial charge in [0.05, 0.1) is 17.4 Å². The number of hydrogen-bond donors (Lipinski definition) is 2. The molecule has 3 N–H and O–H groups in total. The van der Waals surface area contributed by atoms with E-state index in [0.29, 0.717) is 25.2 Å². The van der Waals surface area contributed by atoms with Crippen molar-refractivity contribution >= 4 is 11.5 Å². The molecule has 1 aromatic rings. The van der Waals surface area contributed by atoms with Crippen LogP contribution in [0.5, 0.6) is 5.75 Å². The van der Waals surface area contributed by atoms with Crippen LogP contribution in [0.4, 0.5) is 5.69 Å². The average molecular weight is 265 g/mol. The normalized spacial score (nSPS) is 10.2. The molecule has 0 amide bonds. The van der Waals surface area contributed by atoms with Crippen LogP contribution in [-0.4, -0.2) is 17.4 Å². The van der Waals surface area contributed by atoms with Gasteiger partial charge in [-0.3, -0.25) is 15.5 Å². The summed E-state index contributed by atoms with van der Waals surface area (Å²) in [5.74, 6) is 0.448. The average Bonchev–Trinajstić information content (AvgIpc) is 2.38. The Morgan fingerprint density at radius 2 is 2.21 bits per heavy atom. The number of nitro groups is 1. The van der Waals surface area contributed by atoms with Gasteiger partial charge in [0.25, 0.3) is 0 Å². The fraction of sp³-hybridized carbons (Fsp3) is 0.462. The minimum Gasteiger partial charge on any atom is -0.487 e. The Morgan fingerprint density at radius 1 is 1.47 bits per heavy atom. The van der Waals surface area contributed by atoms with E-state index < -0.39 is 4.92 Å². The number of aryl methyl sites for hydroxylation is 1. The molecule has 0 bridgehead atoms. The van der Waals surface area contributed by atoms with Gasteiger partial charge in [0, 0.05) is 12.5 Å². The number of nitro benzene ring substituents is 1. The van der Waals surface area contributed by atoms with E-state index in [1.54, 1.807) is 12.1 Å². The van der Waals surface area contributed by atoms with Crippen LogP contribution >= 0.6 is 0 Å². The first-order chi connectivity index (χ1) is 9.04. The van der Waals surface area contributed by atoms with Crippen molar-refractivity contribution in [2.45, 2.75) is 32.6 Å². The molecule has 104 valence electrons. The second-order valence-electron chi connectivity index (χ2n) is 4.24. The van der Waals surface area contributed by atoms with Gasteiger partial charge in [0.15, 0.2) is 5.75 Å². The number of ether oxygens (including phenoxy) is 1. The highest BCUT2D eigenvalue weighted by Crippen LogP contribution is 2.28. The summed E-state index contributed by atoms with van der Waals surface area (Å²) in [5.41, 5.74) is 6.15. The molecule has 0 heterocycles. The highest BCUT2D eigenvalue weighted by molar-refractivity contribution is 5.76. The lowest BCUT2D eigenvalue weighted by molar-refractivity contribution is -0.385. The van der Waals surface area contributed by atoms with E-state index >= 15 is 0 Å². The zero-order chi connectivity index (χ0) is 14.3. The van der Waals surface area contributed by atoms with Crippen LogP contribution in [0.15, 0.2) is 18.2 Å². The van der Waals surface area contributed by atoms with Crippen molar-refractivity contribution in [3.8, 4) is 5.75 Å². The number of unbranched alkanes of at least 4 members (excludes halogenated alkanes) is 1. The van der Waals surface area contributed by atoms with Gasteiger partial charge in [-0.25, -0.2) is 0 Å². The van der Waals surface area contributed by atoms with Crippen molar-refractivity contribution in [2.75, 3.05) is 6.61 Å². The maximum absolute atomic E-state index is 10.9. The molecule has 0 aromatic heterocycles. The third-order valence-corrected chi connectivity index (χ3v) is 2.73. The molecule has 0 atom stereocenters. The van der Waals surface area contributed by atoms with Gasteiger partial charge in [0.1, 0.15) is 0 Å². The lowest BCUT2D eigenvalue weighted by Gasteiger charge is -2.07. The molecule has 0 radical (unpaired) electrons. The van der Waals surface area contributed by atoms with E-state index in [0.717, 1.165) is 18.4 Å². The fourth-order valence-electron chi connectivity index (χ4n) is 1.65. The topological polar surface area (TPSA) is 102 Å². The van der Waals surface area contributed by atoms with Crippen molar-refractivity contribution < 1.29 is 9.66 Å². The number of rotatable bonds is 8. The van der Waals surface area contributed by atoms with Gasteiger partial charge < -0.3 is 10.5 Å². The first kappa shape index (κ1) is 14.9. The van der Waals surface area contributed by atoms with Crippen LogP contribution < -0.4 is 10.5 Å². The molecule has 0 spiro atoms. The highest BCUT2D eigenvalue weighted by atomic mass is 16.6. The molecule has 6 nitrogen and oxygen atoms in total. The molecular weight excluding hydrogens is 246 g/mol. The Bertz CT molecular complexity index is 460. The Labute approximate surface area is 112 Å². The molecule has 0 saturated heterocycles. The van der Waals surface area contributed by atoms with Crippen LogP contribution in [0.1, 0.15) is 31.7 Å². The van der Waals surface area contributed by atoms with Crippen molar-refractivity contribution in [1.29, 1.82) is 5.41 Å². The summed E-state index contributed by atoms with van der Waals surface area (Å²) < 4.78 is 5.43. The van der Waals surface area contributed by atoms with Gasteiger partial charge >= 0.3 is 5.69 Å². The minimum atomic E-state index is -0.427. The van der Waals surface area contributed by atoms with Gasteiger partial charge in [-0.15, -0.1) is 0 Å². The van der Waals surface area contributed by atoms with Gasteiger partial charge in [-0.1, -0.05) is 13.0 Å². The zero-order valence-electron chi connectivity index (χ0n) is 11.0. The third-order valence-electron chi connectivity index (χ3n) is 2.73. The number of nitrogens with one attached hydrogen (secondary N) is 1. The molecule has 1 aromatic carbocycles. The van der Waals surface area contributed by atoms with Crippen LogP contribution in [0, 0.1) is 15.5 Å². The predicted octanol–water partition coefficient (Wildman–Crippen LogP) is 2.64. The summed E-state index contributed by atoms with van der Waals surface area (Å²) in [6.45, 7) is 2.33. The molecule has 19 heavy (non-hydrogen) atoms. The number of amidine groups is 1. The van der Waals surface area contributed by atoms with Crippen LogP contribution in [0.3, 0.4) is 0 Å². The second kappa shape index (κ2) is 7.35. The van der Waals surface area contributed by atoms with E-state index in [1.807, 2.05) is 13.0 Å². The van der Waals surface area contributed by atoms with Crippen molar-refractivity contribution in [3.05, 3.63) is 33.9 Å². The molecule has 1 rings (SSSR count). The summed E-state index contributed by atoms with van der Waals surface area (Å²) in [5, 5.41) is 18.0. The van der Waals surface area contributed by atoms with Gasteiger partial charge in [-0.05, 0) is 30.9 Å². The number of nitrogens with two attached hydrogens (primary N) is 1. The van der Waals surface area contributed by atoms with E-state index in [1.165, 1.54) is 0 Å². The van der Waals surface area contributed by atoms with Crippen LogP contribution in [0.2, 0.25) is 0 Å². The predicted molar refractivity (Wildman–Crippen MR) is 73.7 cm³/mol. The molecule has 0 aliphatic rings. The largest absolute Gasteiger partial charge is 0.487 e. The molecule has 0 aliphatic carbocycles. The Kier molecular flexibility index (Phi) is 5.78. The fourth-order valence-corrected chi connectivity index (χ4v) is 1.65. The third kappa shape index (κ3) is 4.95. The minimum absolute atomic E-state index is 0.00548. The summed E-state index contributed by atoms with van der Waals surface area (Å²) in [4.78, 5) is 10.5. The SMILES string of the molecule is CCc1ccc(OCCCCC(=N)N)c([N+](=O)[O-])c1. The standard InChI is InChI=1S/C13H19N3O3/c1-2-10-6-7-12(11(9-10)16(17)18)19-8-4-3-5-13(14)15/h6-7,9H,2-5,8H2,1H3,(H3,14,15). The Balaban J connectivity index is 2.57. The quantitative estimate of drug-likeness (QED) is 0.248. The monoisotopic (exact) mass is 265 g/mol. The Hall–Kier alpha value is -2.11. The van der Waals surface area contributed by atoms with E-state index in [-0.39, 0.29) is 11.5 Å². The molecule has 0 aliphatic heterocycles. The Morgan fingerprint density at radius 3 is 2.79 bits per heavy atom. The first-order valence-electron chi connectivity index (χ1n) is 6.27. The van der Waals surface area contributed by atoms with E-state index in [9.17, 15) is 10.1 Å². The van der Waals surface area contributed by atoms with E-state index in [2.05, 4.69) is 0 Å². The zero-order valence-corrected chi connectivity index (χ0v) is 11.0. The second-order valence-corrected chi connectivity index (χ2v) is 4.24. The maximum Gasteiger partial charge on any atom is 0.311 e. The van der Waals surface area contributed by atoms with Crippen molar-refractivity contribution in [3.63, 3.8) is 0 Å².